The molecule has 0 aromatic heterocycles. The molecule has 0 bridgehead atoms. The molecular weight excluding hydrogens is 265 g/mol. The molecule has 21 heavy (non-hydrogen) atoms. The fourth-order valence-electron chi connectivity index (χ4n) is 1.16. The number of rotatable bonds is 7. The lowest BCUT2D eigenvalue weighted by atomic mass is 10.1. The molecular formula is C17H24FN3. The number of nitrogens with two attached hydrogens (primary N) is 1. The van der Waals surface area contributed by atoms with Crippen LogP contribution in [-0.4, -0.2) is 18.1 Å². The number of aliphatic imine (C=N–C) groups is 2. The van der Waals surface area contributed by atoms with E-state index in [1.807, 2.05) is 13.8 Å². The van der Waals surface area contributed by atoms with Gasteiger partial charge in [-0.05, 0) is 56.6 Å². The van der Waals surface area contributed by atoms with Crippen LogP contribution in [0.2, 0.25) is 0 Å². The second-order valence-electron chi connectivity index (χ2n) is 4.59. The molecule has 1 atom stereocenters. The highest BCUT2D eigenvalue weighted by Gasteiger charge is 1.98. The highest BCUT2D eigenvalue weighted by molar-refractivity contribution is 5.93. The van der Waals surface area contributed by atoms with Gasteiger partial charge in [0, 0.05) is 18.1 Å². The van der Waals surface area contributed by atoms with E-state index in [-0.39, 0.29) is 0 Å². The van der Waals surface area contributed by atoms with Crippen LogP contribution >= 0.6 is 0 Å². The van der Waals surface area contributed by atoms with Crippen molar-refractivity contribution in [1.29, 1.82) is 0 Å². The fraction of sp³-hybridized carbons (Fsp3) is 0.294. The predicted octanol–water partition coefficient (Wildman–Crippen LogP) is 4.27. The van der Waals surface area contributed by atoms with Crippen molar-refractivity contribution in [3.63, 3.8) is 0 Å². The molecule has 0 fully saturated rings. The van der Waals surface area contributed by atoms with E-state index in [0.717, 1.165) is 16.9 Å². The molecule has 0 radical (unpaired) electrons. The zero-order chi connectivity index (χ0) is 16.4. The van der Waals surface area contributed by atoms with Crippen LogP contribution in [0.4, 0.5) is 4.39 Å². The largest absolute Gasteiger partial charge is 0.384 e. The van der Waals surface area contributed by atoms with Crippen molar-refractivity contribution in [3.8, 4) is 0 Å². The average Bonchev–Trinajstić information content (AvgIpc) is 2.41. The van der Waals surface area contributed by atoms with Gasteiger partial charge in [-0.25, -0.2) is 9.38 Å². The van der Waals surface area contributed by atoms with Crippen LogP contribution in [0.25, 0.3) is 0 Å². The monoisotopic (exact) mass is 289 g/mol. The summed E-state index contributed by atoms with van der Waals surface area (Å²) in [6, 6.07) is 0. The summed E-state index contributed by atoms with van der Waals surface area (Å²) in [6.45, 7) is 14.5. The van der Waals surface area contributed by atoms with Gasteiger partial charge in [0.25, 0.3) is 0 Å². The van der Waals surface area contributed by atoms with Crippen molar-refractivity contribution in [2.45, 2.75) is 33.9 Å². The molecule has 0 spiro atoms. The topological polar surface area (TPSA) is 50.7 Å². The quantitative estimate of drug-likeness (QED) is 0.552. The Kier molecular flexibility index (Phi) is 8.62. The summed E-state index contributed by atoms with van der Waals surface area (Å²) in [7, 11) is 0. The fourth-order valence-corrected chi connectivity index (χ4v) is 1.16. The Bertz CT molecular complexity index is 532. The molecule has 4 heteroatoms. The SMILES string of the molecule is C=C(/C=C(/N)N=CC)/C(C)=C/N=C(C)/C=C\C(=C)C(C)F. The van der Waals surface area contributed by atoms with Gasteiger partial charge in [-0.15, -0.1) is 0 Å². The maximum absolute atomic E-state index is 12.9. The third-order valence-corrected chi connectivity index (χ3v) is 2.62. The zero-order valence-corrected chi connectivity index (χ0v) is 13.2. The first kappa shape index (κ1) is 18.8. The van der Waals surface area contributed by atoms with Gasteiger partial charge in [0.1, 0.15) is 12.0 Å². The lowest BCUT2D eigenvalue weighted by molar-refractivity contribution is 0.418. The standard InChI is InChI=1S/C17H24FN3/c1-7-20-17(19)10-13(3)14(4)11-21-15(5)9-8-12(2)16(6)18/h7-11,16H,2-3,19H2,1,4-6H3/b9-8-,14-11+,17-10-,20-7?,21-15+. The van der Waals surface area contributed by atoms with Gasteiger partial charge in [-0.3, -0.25) is 4.99 Å². The van der Waals surface area contributed by atoms with Crippen molar-refractivity contribution < 1.29 is 4.39 Å². The van der Waals surface area contributed by atoms with Gasteiger partial charge < -0.3 is 5.73 Å². The molecule has 0 saturated carbocycles. The first-order valence-electron chi connectivity index (χ1n) is 6.65. The summed E-state index contributed by atoms with van der Waals surface area (Å²) >= 11 is 0. The van der Waals surface area contributed by atoms with Crippen LogP contribution in [0.5, 0.6) is 0 Å². The van der Waals surface area contributed by atoms with Crippen LogP contribution < -0.4 is 5.73 Å². The van der Waals surface area contributed by atoms with Gasteiger partial charge in [0.2, 0.25) is 0 Å². The summed E-state index contributed by atoms with van der Waals surface area (Å²) < 4.78 is 12.9. The number of hydrogen-bond donors (Lipinski definition) is 1. The first-order chi connectivity index (χ1) is 9.77. The first-order valence-corrected chi connectivity index (χ1v) is 6.65. The zero-order valence-electron chi connectivity index (χ0n) is 13.2. The maximum Gasteiger partial charge on any atom is 0.123 e. The average molecular weight is 289 g/mol. The number of allylic oxidation sites excluding steroid dienone is 6. The Labute approximate surface area is 126 Å². The highest BCUT2D eigenvalue weighted by atomic mass is 19.1. The molecule has 0 saturated heterocycles. The molecule has 0 amide bonds. The Balaban J connectivity index is 4.85. The Morgan fingerprint density at radius 2 is 1.86 bits per heavy atom. The van der Waals surface area contributed by atoms with E-state index in [0.29, 0.717) is 11.4 Å². The molecule has 0 rings (SSSR count). The molecule has 0 aliphatic carbocycles. The van der Waals surface area contributed by atoms with Crippen LogP contribution in [0.1, 0.15) is 27.7 Å². The molecule has 0 aromatic rings. The van der Waals surface area contributed by atoms with Crippen molar-refractivity contribution in [3.05, 3.63) is 60.1 Å². The van der Waals surface area contributed by atoms with E-state index in [1.165, 1.54) is 6.92 Å². The van der Waals surface area contributed by atoms with Crippen molar-refractivity contribution in [2.75, 3.05) is 0 Å². The minimum absolute atomic E-state index is 0.393. The van der Waals surface area contributed by atoms with E-state index in [4.69, 9.17) is 5.73 Å². The number of alkyl halides is 1. The van der Waals surface area contributed by atoms with Crippen LogP contribution in [0.3, 0.4) is 0 Å². The van der Waals surface area contributed by atoms with Crippen molar-refractivity contribution in [2.24, 2.45) is 15.7 Å². The van der Waals surface area contributed by atoms with Gasteiger partial charge in [-0.1, -0.05) is 19.2 Å². The molecule has 0 heterocycles. The number of hydrogen-bond acceptors (Lipinski definition) is 3. The van der Waals surface area contributed by atoms with E-state index >= 15 is 0 Å². The second kappa shape index (κ2) is 9.64. The summed E-state index contributed by atoms with van der Waals surface area (Å²) in [5.74, 6) is 0.393. The third-order valence-electron chi connectivity index (χ3n) is 2.62. The Hall–Kier alpha value is -2.23. The van der Waals surface area contributed by atoms with Crippen LogP contribution in [-0.2, 0) is 0 Å². The van der Waals surface area contributed by atoms with Gasteiger partial charge in [0.15, 0.2) is 0 Å². The maximum atomic E-state index is 12.9. The smallest absolute Gasteiger partial charge is 0.123 e. The van der Waals surface area contributed by atoms with E-state index < -0.39 is 6.17 Å². The lowest BCUT2D eigenvalue weighted by Crippen LogP contribution is -1.95. The van der Waals surface area contributed by atoms with Crippen molar-refractivity contribution in [1.82, 2.24) is 0 Å². The van der Waals surface area contributed by atoms with E-state index in [9.17, 15) is 4.39 Å². The summed E-state index contributed by atoms with van der Waals surface area (Å²) in [5.41, 5.74) is 8.44. The van der Waals surface area contributed by atoms with Gasteiger partial charge >= 0.3 is 0 Å². The Morgan fingerprint density at radius 1 is 1.24 bits per heavy atom. The number of halogens is 1. The van der Waals surface area contributed by atoms with E-state index in [2.05, 4.69) is 23.1 Å². The summed E-state index contributed by atoms with van der Waals surface area (Å²) in [6.07, 6.45) is 7.26. The molecule has 0 aliphatic rings. The molecule has 1 unspecified atom stereocenters. The second-order valence-corrected chi connectivity index (χ2v) is 4.59. The summed E-state index contributed by atoms with van der Waals surface area (Å²) in [5, 5.41) is 0. The normalized spacial score (nSPS) is 15.8. The third kappa shape index (κ3) is 8.52. The lowest BCUT2D eigenvalue weighted by Gasteiger charge is -2.00. The predicted molar refractivity (Wildman–Crippen MR) is 91.3 cm³/mol. The molecule has 2 N–H and O–H groups in total. The van der Waals surface area contributed by atoms with Crippen LogP contribution in [0.15, 0.2) is 70.1 Å². The Morgan fingerprint density at radius 3 is 2.38 bits per heavy atom. The van der Waals surface area contributed by atoms with Gasteiger partial charge in [0.05, 0.1) is 0 Å². The highest BCUT2D eigenvalue weighted by Crippen LogP contribution is 2.10. The minimum Gasteiger partial charge on any atom is -0.384 e. The summed E-state index contributed by atoms with van der Waals surface area (Å²) in [4.78, 5) is 8.21. The van der Waals surface area contributed by atoms with Crippen molar-refractivity contribution >= 4 is 11.9 Å². The van der Waals surface area contributed by atoms with Gasteiger partial charge in [-0.2, -0.15) is 0 Å². The van der Waals surface area contributed by atoms with E-state index in [1.54, 1.807) is 37.6 Å². The number of nitrogens with zero attached hydrogens (tertiary/aromatic N) is 2. The molecule has 0 aliphatic heterocycles. The molecule has 0 aromatic carbocycles. The minimum atomic E-state index is -1.06. The molecule has 3 nitrogen and oxygen atoms in total. The van der Waals surface area contributed by atoms with Crippen LogP contribution in [0, 0.1) is 0 Å². The molecule has 114 valence electrons.